The molecule has 0 aliphatic carbocycles. The first-order chi connectivity index (χ1) is 17.5. The Balaban J connectivity index is 1.77. The Morgan fingerprint density at radius 3 is 2.39 bits per heavy atom. The molecule has 1 N–H and O–H groups in total. The summed E-state index contributed by atoms with van der Waals surface area (Å²) in [6.07, 6.45) is 9.57. The van der Waals surface area contributed by atoms with Crippen molar-refractivity contribution in [3.63, 3.8) is 0 Å². The fourth-order valence-corrected chi connectivity index (χ4v) is 4.45. The van der Waals surface area contributed by atoms with E-state index in [4.69, 9.17) is 9.47 Å². The van der Waals surface area contributed by atoms with Crippen LogP contribution in [0.2, 0.25) is 0 Å². The minimum Gasteiger partial charge on any atom is -0.493 e. The van der Waals surface area contributed by atoms with Gasteiger partial charge in [-0.25, -0.2) is 0 Å². The molecule has 194 valence electrons. The molecule has 1 atom stereocenters. The third-order valence-corrected chi connectivity index (χ3v) is 6.43. The van der Waals surface area contributed by atoms with E-state index in [2.05, 4.69) is 29.4 Å². The van der Waals surface area contributed by atoms with Gasteiger partial charge in [-0.3, -0.25) is 4.79 Å². The Bertz CT molecular complexity index is 1140. The van der Waals surface area contributed by atoms with Gasteiger partial charge in [0.15, 0.2) is 17.3 Å². The van der Waals surface area contributed by atoms with Crippen LogP contribution in [0.1, 0.15) is 55.5 Å². The Hall–Kier alpha value is -3.09. The SMILES string of the molecule is CCCCN(CCCC)CC(O)Cn1cc(/C=C/C(=O)c2ccc(OC)c(OC)c2)c2ccccc21. The Kier molecular flexibility index (Phi) is 10.6. The number of ketones is 1. The molecule has 6 heteroatoms. The average Bonchev–Trinajstić information content (AvgIpc) is 3.25. The van der Waals surface area contributed by atoms with Crippen molar-refractivity contribution in [3.05, 3.63) is 65.9 Å². The van der Waals surface area contributed by atoms with E-state index in [9.17, 15) is 9.90 Å². The fourth-order valence-electron chi connectivity index (χ4n) is 4.45. The van der Waals surface area contributed by atoms with Gasteiger partial charge in [0.1, 0.15) is 0 Å². The summed E-state index contributed by atoms with van der Waals surface area (Å²) in [4.78, 5) is 15.2. The monoisotopic (exact) mass is 492 g/mol. The summed E-state index contributed by atoms with van der Waals surface area (Å²) in [6, 6.07) is 13.3. The topological polar surface area (TPSA) is 63.9 Å². The molecule has 0 fully saturated rings. The Morgan fingerprint density at radius 1 is 1.03 bits per heavy atom. The van der Waals surface area contributed by atoms with Gasteiger partial charge in [0, 0.05) is 41.3 Å². The standard InChI is InChI=1S/C30H40N2O4/c1-5-7-17-31(18-8-6-2)21-25(33)22-32-20-24(26-11-9-10-12-27(26)32)13-15-28(34)23-14-16-29(35-3)30(19-23)36-4/h9-16,19-20,25,33H,5-8,17-18,21-22H2,1-4H3/b15-13+. The molecule has 3 aromatic rings. The van der Waals surface area contributed by atoms with Gasteiger partial charge < -0.3 is 24.0 Å². The smallest absolute Gasteiger partial charge is 0.185 e. The predicted molar refractivity (Wildman–Crippen MR) is 147 cm³/mol. The van der Waals surface area contributed by atoms with E-state index in [-0.39, 0.29) is 5.78 Å². The highest BCUT2D eigenvalue weighted by Gasteiger charge is 2.15. The quantitative estimate of drug-likeness (QED) is 0.214. The van der Waals surface area contributed by atoms with Crippen LogP contribution >= 0.6 is 0 Å². The molecule has 0 saturated carbocycles. The van der Waals surface area contributed by atoms with Gasteiger partial charge >= 0.3 is 0 Å². The van der Waals surface area contributed by atoms with Gasteiger partial charge in [0.05, 0.1) is 20.3 Å². The molecule has 0 amide bonds. The van der Waals surface area contributed by atoms with Crippen LogP contribution in [0.25, 0.3) is 17.0 Å². The van der Waals surface area contributed by atoms with Crippen molar-refractivity contribution in [1.82, 2.24) is 9.47 Å². The van der Waals surface area contributed by atoms with E-state index in [0.717, 1.165) is 55.2 Å². The number of unbranched alkanes of at least 4 members (excludes halogenated alkanes) is 2. The number of benzene rings is 2. The van der Waals surface area contributed by atoms with Crippen LogP contribution in [-0.4, -0.2) is 60.3 Å². The number of fused-ring (bicyclic) bond motifs is 1. The number of carbonyl (C=O) groups is 1. The summed E-state index contributed by atoms with van der Waals surface area (Å²) < 4.78 is 12.7. The van der Waals surface area contributed by atoms with Crippen molar-refractivity contribution in [2.45, 2.75) is 52.2 Å². The van der Waals surface area contributed by atoms with E-state index < -0.39 is 6.10 Å². The summed E-state index contributed by atoms with van der Waals surface area (Å²) in [5, 5.41) is 12.0. The maximum atomic E-state index is 12.9. The first kappa shape index (κ1) is 27.5. The maximum Gasteiger partial charge on any atom is 0.185 e. The third kappa shape index (κ3) is 7.21. The lowest BCUT2D eigenvalue weighted by Gasteiger charge is -2.25. The van der Waals surface area contributed by atoms with Crippen LogP contribution in [0.15, 0.2) is 54.7 Å². The van der Waals surface area contributed by atoms with E-state index in [1.165, 1.54) is 0 Å². The van der Waals surface area contributed by atoms with Crippen molar-refractivity contribution in [1.29, 1.82) is 0 Å². The summed E-state index contributed by atoms with van der Waals surface area (Å²) in [7, 11) is 3.12. The second-order valence-electron chi connectivity index (χ2n) is 9.18. The number of hydrogen-bond donors (Lipinski definition) is 1. The van der Waals surface area contributed by atoms with E-state index in [1.54, 1.807) is 38.5 Å². The Labute approximate surface area is 215 Å². The highest BCUT2D eigenvalue weighted by molar-refractivity contribution is 6.08. The molecule has 0 radical (unpaired) electrons. The summed E-state index contributed by atoms with van der Waals surface area (Å²) in [5.74, 6) is 0.993. The van der Waals surface area contributed by atoms with Crippen molar-refractivity contribution in [2.24, 2.45) is 0 Å². The molecule has 36 heavy (non-hydrogen) atoms. The molecule has 0 bridgehead atoms. The number of aliphatic hydroxyl groups is 1. The van der Waals surface area contributed by atoms with Gasteiger partial charge in [-0.1, -0.05) is 44.9 Å². The van der Waals surface area contributed by atoms with Crippen LogP contribution in [0.5, 0.6) is 11.5 Å². The number of methoxy groups -OCH3 is 2. The lowest BCUT2D eigenvalue weighted by atomic mass is 10.1. The molecule has 0 spiro atoms. The lowest BCUT2D eigenvalue weighted by molar-refractivity contribution is 0.0973. The minimum atomic E-state index is -0.472. The van der Waals surface area contributed by atoms with Gasteiger partial charge in [-0.05, 0) is 62.3 Å². The lowest BCUT2D eigenvalue weighted by Crippen LogP contribution is -2.36. The van der Waals surface area contributed by atoms with Crippen LogP contribution < -0.4 is 9.47 Å². The number of nitrogens with zero attached hydrogens (tertiary/aromatic N) is 2. The van der Waals surface area contributed by atoms with Crippen LogP contribution in [0.4, 0.5) is 0 Å². The van der Waals surface area contributed by atoms with Crippen molar-refractivity contribution in [3.8, 4) is 11.5 Å². The molecule has 1 unspecified atom stereocenters. The summed E-state index contributed by atoms with van der Waals surface area (Å²) >= 11 is 0. The second-order valence-corrected chi connectivity index (χ2v) is 9.18. The number of hydrogen-bond acceptors (Lipinski definition) is 5. The molecule has 3 rings (SSSR count). The number of aliphatic hydroxyl groups excluding tert-OH is 1. The molecular formula is C30H40N2O4. The third-order valence-electron chi connectivity index (χ3n) is 6.43. The number of aromatic nitrogens is 1. The first-order valence-electron chi connectivity index (χ1n) is 12.9. The van der Waals surface area contributed by atoms with E-state index in [1.807, 2.05) is 30.5 Å². The molecule has 1 heterocycles. The predicted octanol–water partition coefficient (Wildman–Crippen LogP) is 5.82. The molecular weight excluding hydrogens is 452 g/mol. The molecule has 0 saturated heterocycles. The molecule has 2 aromatic carbocycles. The highest BCUT2D eigenvalue weighted by atomic mass is 16.5. The number of rotatable bonds is 15. The second kappa shape index (κ2) is 13.9. The molecule has 6 nitrogen and oxygen atoms in total. The van der Waals surface area contributed by atoms with Crippen molar-refractivity contribution >= 4 is 22.8 Å². The number of ether oxygens (including phenoxy) is 2. The number of para-hydroxylation sites is 1. The van der Waals surface area contributed by atoms with E-state index >= 15 is 0 Å². The molecule has 1 aromatic heterocycles. The molecule has 0 aliphatic heterocycles. The van der Waals surface area contributed by atoms with E-state index in [0.29, 0.717) is 30.2 Å². The number of allylic oxidation sites excluding steroid dienone is 1. The summed E-state index contributed by atoms with van der Waals surface area (Å²) in [5.41, 5.74) is 2.52. The highest BCUT2D eigenvalue weighted by Crippen LogP contribution is 2.28. The van der Waals surface area contributed by atoms with Crippen LogP contribution in [0.3, 0.4) is 0 Å². The normalized spacial score (nSPS) is 12.5. The average molecular weight is 493 g/mol. The fraction of sp³-hybridized carbons (Fsp3) is 0.433. The number of carbonyl (C=O) groups excluding carboxylic acids is 1. The maximum absolute atomic E-state index is 12.9. The minimum absolute atomic E-state index is 0.115. The molecule has 0 aliphatic rings. The van der Waals surface area contributed by atoms with Gasteiger partial charge in [-0.2, -0.15) is 0 Å². The zero-order valence-corrected chi connectivity index (χ0v) is 22.1. The van der Waals surface area contributed by atoms with Crippen molar-refractivity contribution < 1.29 is 19.4 Å². The zero-order valence-electron chi connectivity index (χ0n) is 22.1. The Morgan fingerprint density at radius 2 is 1.72 bits per heavy atom. The van der Waals surface area contributed by atoms with Gasteiger partial charge in [-0.15, -0.1) is 0 Å². The zero-order chi connectivity index (χ0) is 25.9. The first-order valence-corrected chi connectivity index (χ1v) is 12.9. The van der Waals surface area contributed by atoms with Crippen LogP contribution in [0, 0.1) is 0 Å². The van der Waals surface area contributed by atoms with Gasteiger partial charge in [0.25, 0.3) is 0 Å². The van der Waals surface area contributed by atoms with Crippen molar-refractivity contribution in [2.75, 3.05) is 33.9 Å². The largest absolute Gasteiger partial charge is 0.493 e. The summed E-state index contributed by atoms with van der Waals surface area (Å²) in [6.45, 7) is 7.61. The van der Waals surface area contributed by atoms with Gasteiger partial charge in [0.2, 0.25) is 0 Å². The van der Waals surface area contributed by atoms with Crippen LogP contribution in [-0.2, 0) is 6.54 Å².